The molecule has 0 bridgehead atoms. The van der Waals surface area contributed by atoms with E-state index in [0.717, 1.165) is 44.3 Å². The minimum Gasteiger partial charge on any atom is -0.353 e. The predicted molar refractivity (Wildman–Crippen MR) is 154 cm³/mol. The summed E-state index contributed by atoms with van der Waals surface area (Å²) in [5.41, 5.74) is 7.17. The van der Waals surface area contributed by atoms with Gasteiger partial charge in [-0.3, -0.25) is 19.9 Å². The highest BCUT2D eigenvalue weighted by molar-refractivity contribution is 6.04. The first-order valence-corrected chi connectivity index (χ1v) is 12.7. The van der Waals surface area contributed by atoms with Gasteiger partial charge in [0.1, 0.15) is 11.5 Å². The predicted octanol–water partition coefficient (Wildman–Crippen LogP) is 7.23. The molecule has 40 heavy (non-hydrogen) atoms. The topological polar surface area (TPSA) is 99.3 Å². The summed E-state index contributed by atoms with van der Waals surface area (Å²) in [6.45, 7) is 0. The van der Waals surface area contributed by atoms with Crippen LogP contribution in [0.2, 0.25) is 0 Å². The Morgan fingerprint density at radius 1 is 0.775 bits per heavy atom. The van der Waals surface area contributed by atoms with E-state index in [-0.39, 0.29) is 11.7 Å². The number of anilines is 1. The van der Waals surface area contributed by atoms with Gasteiger partial charge in [-0.05, 0) is 60.2 Å². The Balaban J connectivity index is 1.26. The molecule has 0 aliphatic rings. The Labute approximate surface area is 227 Å². The van der Waals surface area contributed by atoms with Crippen LogP contribution >= 0.6 is 0 Å². The van der Waals surface area contributed by atoms with Gasteiger partial charge in [-0.15, -0.1) is 0 Å². The Morgan fingerprint density at radius 3 is 2.48 bits per heavy atom. The number of nitrogens with zero attached hydrogens (tertiary/aromatic N) is 3. The van der Waals surface area contributed by atoms with Crippen molar-refractivity contribution < 1.29 is 9.18 Å². The van der Waals surface area contributed by atoms with E-state index in [2.05, 4.69) is 30.5 Å². The number of carbonyl (C=O) groups is 1. The van der Waals surface area contributed by atoms with Crippen molar-refractivity contribution in [1.82, 2.24) is 25.1 Å². The normalized spacial score (nSPS) is 11.2. The summed E-state index contributed by atoms with van der Waals surface area (Å²) in [4.78, 5) is 24.9. The Bertz CT molecular complexity index is 2030. The van der Waals surface area contributed by atoms with E-state index in [9.17, 15) is 9.18 Å². The number of halogens is 1. The molecule has 7 rings (SSSR count). The van der Waals surface area contributed by atoms with E-state index in [1.165, 1.54) is 6.07 Å². The average Bonchev–Trinajstić information content (AvgIpc) is 3.62. The summed E-state index contributed by atoms with van der Waals surface area (Å²) < 4.78 is 14.6. The number of benzene rings is 3. The van der Waals surface area contributed by atoms with Gasteiger partial charge in [0.15, 0.2) is 0 Å². The third-order valence-corrected chi connectivity index (χ3v) is 6.86. The highest BCUT2D eigenvalue weighted by Crippen LogP contribution is 2.35. The lowest BCUT2D eigenvalue weighted by Gasteiger charge is -2.08. The second kappa shape index (κ2) is 9.59. The molecule has 8 heteroatoms. The number of nitrogens with one attached hydrogen (secondary N) is 3. The molecule has 0 radical (unpaired) electrons. The summed E-state index contributed by atoms with van der Waals surface area (Å²) in [5.74, 6) is -0.522. The fourth-order valence-corrected chi connectivity index (χ4v) is 4.91. The van der Waals surface area contributed by atoms with Crippen LogP contribution in [-0.4, -0.2) is 31.1 Å². The van der Waals surface area contributed by atoms with Crippen LogP contribution < -0.4 is 5.32 Å². The van der Waals surface area contributed by atoms with Gasteiger partial charge in [-0.25, -0.2) is 4.39 Å². The first kappa shape index (κ1) is 23.5. The number of fused-ring (bicyclic) bond motifs is 2. The van der Waals surface area contributed by atoms with Gasteiger partial charge in [-0.2, -0.15) is 5.10 Å². The van der Waals surface area contributed by atoms with Crippen molar-refractivity contribution in [2.24, 2.45) is 0 Å². The van der Waals surface area contributed by atoms with Gasteiger partial charge < -0.3 is 10.3 Å². The zero-order chi connectivity index (χ0) is 27.1. The molecule has 3 N–H and O–H groups in total. The van der Waals surface area contributed by atoms with E-state index in [4.69, 9.17) is 0 Å². The molecule has 0 atom stereocenters. The average molecular weight is 525 g/mol. The van der Waals surface area contributed by atoms with Gasteiger partial charge in [0.25, 0.3) is 5.91 Å². The first-order valence-electron chi connectivity index (χ1n) is 12.7. The van der Waals surface area contributed by atoms with E-state index in [1.807, 2.05) is 54.6 Å². The molecule has 4 aromatic heterocycles. The fourth-order valence-electron chi connectivity index (χ4n) is 4.91. The minimum atomic E-state index is -0.323. The maximum absolute atomic E-state index is 14.6. The summed E-state index contributed by atoms with van der Waals surface area (Å²) >= 11 is 0. The molecule has 4 heterocycles. The zero-order valence-corrected chi connectivity index (χ0v) is 21.0. The van der Waals surface area contributed by atoms with Crippen molar-refractivity contribution in [1.29, 1.82) is 0 Å². The smallest absolute Gasteiger partial charge is 0.255 e. The van der Waals surface area contributed by atoms with Crippen LogP contribution in [0.4, 0.5) is 10.1 Å². The fraction of sp³-hybridized carbons (Fsp3) is 0. The first-order chi connectivity index (χ1) is 19.6. The van der Waals surface area contributed by atoms with Crippen LogP contribution in [-0.2, 0) is 0 Å². The van der Waals surface area contributed by atoms with Crippen LogP contribution in [0.25, 0.3) is 55.6 Å². The lowest BCUT2D eigenvalue weighted by atomic mass is 10.0. The molecule has 0 aliphatic carbocycles. The molecule has 7 aromatic rings. The van der Waals surface area contributed by atoms with Crippen LogP contribution in [0, 0.1) is 5.82 Å². The number of amides is 1. The molecule has 0 aliphatic heterocycles. The second-order valence-electron chi connectivity index (χ2n) is 9.40. The number of carbonyl (C=O) groups excluding carboxylic acids is 1. The number of pyridine rings is 2. The molecule has 3 aromatic carbocycles. The van der Waals surface area contributed by atoms with Gasteiger partial charge in [0.2, 0.25) is 0 Å². The van der Waals surface area contributed by atoms with E-state index < -0.39 is 0 Å². The molecular formula is C32H21FN6O. The SMILES string of the molecule is O=C(Nc1cncc(-c2ccc3[nH]nc(-c4cc5c(-c6ccccc6F)nccc5[nH]4)c3c2)c1)c1ccccc1. The van der Waals surface area contributed by atoms with Crippen molar-refractivity contribution >= 4 is 33.4 Å². The van der Waals surface area contributed by atoms with Crippen molar-refractivity contribution in [2.45, 2.75) is 0 Å². The molecule has 0 saturated heterocycles. The van der Waals surface area contributed by atoms with Crippen molar-refractivity contribution in [3.63, 3.8) is 0 Å². The van der Waals surface area contributed by atoms with Gasteiger partial charge in [-0.1, -0.05) is 36.4 Å². The largest absolute Gasteiger partial charge is 0.353 e. The maximum Gasteiger partial charge on any atom is 0.255 e. The van der Waals surface area contributed by atoms with E-state index in [1.54, 1.807) is 48.9 Å². The van der Waals surface area contributed by atoms with Crippen LogP contribution in [0.15, 0.2) is 110 Å². The van der Waals surface area contributed by atoms with Gasteiger partial charge in [0.05, 0.1) is 28.8 Å². The number of aromatic amines is 2. The summed E-state index contributed by atoms with van der Waals surface area (Å²) in [6, 6.07) is 27.4. The summed E-state index contributed by atoms with van der Waals surface area (Å²) in [6.07, 6.45) is 5.05. The third-order valence-electron chi connectivity index (χ3n) is 6.86. The number of aromatic nitrogens is 5. The standard InChI is InChI=1S/C32H21FN6O/c33-26-9-5-4-8-23(26)30-25-16-29(37-27(25)12-13-35-30)31-24-15-20(10-11-28(24)38-39-31)21-14-22(18-34-17-21)36-32(40)19-6-2-1-3-7-19/h1-18,37H,(H,36,40)(H,38,39). The van der Waals surface area contributed by atoms with Crippen LogP contribution in [0.3, 0.4) is 0 Å². The lowest BCUT2D eigenvalue weighted by Crippen LogP contribution is -2.11. The number of hydrogen-bond donors (Lipinski definition) is 3. The second-order valence-corrected chi connectivity index (χ2v) is 9.40. The molecular weight excluding hydrogens is 503 g/mol. The monoisotopic (exact) mass is 524 g/mol. The lowest BCUT2D eigenvalue weighted by molar-refractivity contribution is 0.102. The molecule has 0 fully saturated rings. The summed E-state index contributed by atoms with van der Waals surface area (Å²) in [5, 5.41) is 12.3. The maximum atomic E-state index is 14.6. The Hall–Kier alpha value is -5.63. The molecule has 0 unspecified atom stereocenters. The summed E-state index contributed by atoms with van der Waals surface area (Å²) in [7, 11) is 0. The van der Waals surface area contributed by atoms with Crippen molar-refractivity contribution in [3.8, 4) is 33.8 Å². The highest BCUT2D eigenvalue weighted by Gasteiger charge is 2.16. The Kier molecular flexibility index (Phi) is 5.63. The van der Waals surface area contributed by atoms with Crippen LogP contribution in [0.1, 0.15) is 10.4 Å². The molecule has 192 valence electrons. The number of H-pyrrole nitrogens is 2. The van der Waals surface area contributed by atoms with Crippen molar-refractivity contribution in [2.75, 3.05) is 5.32 Å². The number of hydrogen-bond acceptors (Lipinski definition) is 4. The third kappa shape index (κ3) is 4.17. The van der Waals surface area contributed by atoms with Gasteiger partial charge in [0, 0.05) is 45.4 Å². The number of rotatable bonds is 5. The molecule has 1 amide bonds. The van der Waals surface area contributed by atoms with Gasteiger partial charge >= 0.3 is 0 Å². The van der Waals surface area contributed by atoms with Crippen molar-refractivity contribution in [3.05, 3.63) is 121 Å². The molecule has 0 spiro atoms. The quantitative estimate of drug-likeness (QED) is 0.221. The molecule has 7 nitrogen and oxygen atoms in total. The van der Waals surface area contributed by atoms with E-state index in [0.29, 0.717) is 22.5 Å². The zero-order valence-electron chi connectivity index (χ0n) is 21.0. The highest BCUT2D eigenvalue weighted by atomic mass is 19.1. The van der Waals surface area contributed by atoms with Crippen LogP contribution in [0.5, 0.6) is 0 Å². The Morgan fingerprint density at radius 2 is 1.60 bits per heavy atom. The van der Waals surface area contributed by atoms with E-state index >= 15 is 0 Å². The molecule has 0 saturated carbocycles. The minimum absolute atomic E-state index is 0.199.